The summed E-state index contributed by atoms with van der Waals surface area (Å²) in [5.74, 6) is 2.41. The molecule has 0 aliphatic carbocycles. The molecular weight excluding hydrogens is 250 g/mol. The Morgan fingerprint density at radius 3 is 3.15 bits per heavy atom. The molecule has 106 valence electrons. The smallest absolute Gasteiger partial charge is 0.122 e. The van der Waals surface area contributed by atoms with Gasteiger partial charge in [-0.1, -0.05) is 18.2 Å². The van der Waals surface area contributed by atoms with Crippen LogP contribution in [0, 0.1) is 0 Å². The van der Waals surface area contributed by atoms with E-state index in [4.69, 9.17) is 10.5 Å². The van der Waals surface area contributed by atoms with E-state index in [2.05, 4.69) is 28.6 Å². The molecule has 2 N–H and O–H groups in total. The Kier molecular flexibility index (Phi) is 3.74. The summed E-state index contributed by atoms with van der Waals surface area (Å²) < 4.78 is 7.87. The molecule has 4 nitrogen and oxygen atoms in total. The summed E-state index contributed by atoms with van der Waals surface area (Å²) >= 11 is 0. The molecule has 0 saturated heterocycles. The van der Waals surface area contributed by atoms with E-state index in [9.17, 15) is 0 Å². The number of imidazole rings is 1. The molecule has 2 unspecified atom stereocenters. The van der Waals surface area contributed by atoms with Crippen molar-refractivity contribution in [2.24, 2.45) is 5.73 Å². The third-order valence-electron chi connectivity index (χ3n) is 4.08. The van der Waals surface area contributed by atoms with E-state index < -0.39 is 0 Å². The Morgan fingerprint density at radius 1 is 1.45 bits per heavy atom. The predicted octanol–water partition coefficient (Wildman–Crippen LogP) is 2.34. The summed E-state index contributed by atoms with van der Waals surface area (Å²) in [7, 11) is 0. The Hall–Kier alpha value is -1.81. The first-order chi connectivity index (χ1) is 9.79. The molecule has 2 heterocycles. The second-order valence-electron chi connectivity index (χ2n) is 5.28. The summed E-state index contributed by atoms with van der Waals surface area (Å²) in [4.78, 5) is 4.43. The largest absolute Gasteiger partial charge is 0.493 e. The second-order valence-corrected chi connectivity index (χ2v) is 5.28. The van der Waals surface area contributed by atoms with Crippen molar-refractivity contribution in [2.75, 3.05) is 6.61 Å². The molecule has 1 aliphatic rings. The van der Waals surface area contributed by atoms with Crippen molar-refractivity contribution in [3.05, 3.63) is 48.0 Å². The van der Waals surface area contributed by atoms with Crippen LogP contribution in [0.3, 0.4) is 0 Å². The van der Waals surface area contributed by atoms with Gasteiger partial charge in [0.25, 0.3) is 0 Å². The van der Waals surface area contributed by atoms with Crippen molar-refractivity contribution in [1.29, 1.82) is 0 Å². The minimum atomic E-state index is 0.0766. The zero-order valence-corrected chi connectivity index (χ0v) is 11.8. The van der Waals surface area contributed by atoms with E-state index in [-0.39, 0.29) is 6.04 Å². The van der Waals surface area contributed by atoms with Gasteiger partial charge in [0.15, 0.2) is 0 Å². The highest BCUT2D eigenvalue weighted by molar-refractivity contribution is 5.38. The van der Waals surface area contributed by atoms with Gasteiger partial charge in [-0.2, -0.15) is 0 Å². The fourth-order valence-electron chi connectivity index (χ4n) is 2.99. The molecule has 3 rings (SSSR count). The van der Waals surface area contributed by atoms with Crippen molar-refractivity contribution in [2.45, 2.75) is 38.3 Å². The maximum atomic E-state index is 6.47. The van der Waals surface area contributed by atoms with Crippen molar-refractivity contribution >= 4 is 0 Å². The lowest BCUT2D eigenvalue weighted by Gasteiger charge is -2.30. The van der Waals surface area contributed by atoms with Crippen LogP contribution in [0.2, 0.25) is 0 Å². The van der Waals surface area contributed by atoms with Crippen molar-refractivity contribution in [1.82, 2.24) is 9.55 Å². The monoisotopic (exact) mass is 271 g/mol. The van der Waals surface area contributed by atoms with E-state index in [1.807, 2.05) is 24.5 Å². The molecule has 1 aliphatic heterocycles. The van der Waals surface area contributed by atoms with Gasteiger partial charge in [-0.15, -0.1) is 0 Å². The molecule has 20 heavy (non-hydrogen) atoms. The van der Waals surface area contributed by atoms with Gasteiger partial charge in [0.2, 0.25) is 0 Å². The van der Waals surface area contributed by atoms with Gasteiger partial charge in [0.1, 0.15) is 11.6 Å². The van der Waals surface area contributed by atoms with Crippen LogP contribution in [0.4, 0.5) is 0 Å². The zero-order chi connectivity index (χ0) is 13.9. The lowest BCUT2D eigenvalue weighted by Crippen LogP contribution is -2.34. The van der Waals surface area contributed by atoms with Crippen LogP contribution in [-0.4, -0.2) is 22.2 Å². The first-order valence-electron chi connectivity index (χ1n) is 7.27. The molecular formula is C16H21N3O. The molecule has 0 saturated carbocycles. The minimum absolute atomic E-state index is 0.0766. The third-order valence-corrected chi connectivity index (χ3v) is 4.08. The van der Waals surface area contributed by atoms with Gasteiger partial charge >= 0.3 is 0 Å². The third kappa shape index (κ3) is 2.43. The van der Waals surface area contributed by atoms with Gasteiger partial charge in [-0.25, -0.2) is 4.98 Å². The van der Waals surface area contributed by atoms with Crippen LogP contribution in [0.25, 0.3) is 0 Å². The summed E-state index contributed by atoms with van der Waals surface area (Å²) in [5, 5.41) is 0. The van der Waals surface area contributed by atoms with Gasteiger partial charge in [-0.05, 0) is 25.0 Å². The fourth-order valence-corrected chi connectivity index (χ4v) is 2.99. The number of ether oxygens (including phenoxy) is 1. The Balaban J connectivity index is 1.80. The highest BCUT2D eigenvalue weighted by atomic mass is 16.5. The number of aryl methyl sites for hydroxylation is 1. The van der Waals surface area contributed by atoms with Crippen LogP contribution in [0.15, 0.2) is 36.7 Å². The Bertz CT molecular complexity index is 579. The highest BCUT2D eigenvalue weighted by Gasteiger charge is 2.27. The molecule has 0 fully saturated rings. The summed E-state index contributed by atoms with van der Waals surface area (Å²) in [6.07, 6.45) is 5.65. The fraction of sp³-hybridized carbons (Fsp3) is 0.438. The van der Waals surface area contributed by atoms with Crippen molar-refractivity contribution < 1.29 is 4.74 Å². The molecule has 1 aromatic carbocycles. The van der Waals surface area contributed by atoms with Gasteiger partial charge in [0.05, 0.1) is 6.61 Å². The lowest BCUT2D eigenvalue weighted by atomic mass is 9.85. The van der Waals surface area contributed by atoms with Crippen LogP contribution in [0.1, 0.15) is 30.7 Å². The van der Waals surface area contributed by atoms with Crippen LogP contribution >= 0.6 is 0 Å². The summed E-state index contributed by atoms with van der Waals surface area (Å²) in [6, 6.07) is 8.30. The number of nitrogens with two attached hydrogens (primary N) is 1. The van der Waals surface area contributed by atoms with Crippen LogP contribution in [-0.2, 0) is 13.0 Å². The molecule has 2 atom stereocenters. The van der Waals surface area contributed by atoms with E-state index in [1.165, 1.54) is 5.56 Å². The molecule has 0 bridgehead atoms. The number of rotatable bonds is 4. The van der Waals surface area contributed by atoms with Crippen molar-refractivity contribution in [3.63, 3.8) is 0 Å². The SMILES string of the molecule is CCn1ccnc1CC(N)C1CCOc2ccccc21. The number of benzene rings is 1. The highest BCUT2D eigenvalue weighted by Crippen LogP contribution is 2.35. The standard InChI is InChI=1S/C16H21N3O/c1-2-19-9-8-18-16(19)11-14(17)12-7-10-20-15-6-4-3-5-13(12)15/h3-6,8-9,12,14H,2,7,10-11,17H2,1H3. The van der Waals surface area contributed by atoms with E-state index in [0.717, 1.165) is 37.6 Å². The van der Waals surface area contributed by atoms with Gasteiger partial charge < -0.3 is 15.0 Å². The number of hydrogen-bond donors (Lipinski definition) is 1. The van der Waals surface area contributed by atoms with Crippen LogP contribution < -0.4 is 10.5 Å². The van der Waals surface area contributed by atoms with Gasteiger partial charge in [-0.3, -0.25) is 0 Å². The summed E-state index contributed by atoms with van der Waals surface area (Å²) in [5.41, 5.74) is 7.71. The molecule has 4 heteroatoms. The molecule has 0 spiro atoms. The minimum Gasteiger partial charge on any atom is -0.493 e. The number of hydrogen-bond acceptors (Lipinski definition) is 3. The molecule has 1 aromatic heterocycles. The summed E-state index contributed by atoms with van der Waals surface area (Å²) in [6.45, 7) is 3.81. The number of aromatic nitrogens is 2. The van der Waals surface area contributed by atoms with E-state index >= 15 is 0 Å². The van der Waals surface area contributed by atoms with Gasteiger partial charge in [0, 0.05) is 37.3 Å². The average Bonchev–Trinajstić information content (AvgIpc) is 2.93. The maximum absolute atomic E-state index is 6.47. The van der Waals surface area contributed by atoms with E-state index in [1.54, 1.807) is 0 Å². The van der Waals surface area contributed by atoms with Crippen molar-refractivity contribution in [3.8, 4) is 5.75 Å². The predicted molar refractivity (Wildman–Crippen MR) is 78.9 cm³/mol. The first-order valence-corrected chi connectivity index (χ1v) is 7.27. The van der Waals surface area contributed by atoms with E-state index in [0.29, 0.717) is 5.92 Å². The second kappa shape index (κ2) is 5.67. The maximum Gasteiger partial charge on any atom is 0.122 e. The molecule has 0 amide bonds. The Labute approximate surface area is 119 Å². The molecule has 0 radical (unpaired) electrons. The average molecular weight is 271 g/mol. The zero-order valence-electron chi connectivity index (χ0n) is 11.8. The number of para-hydroxylation sites is 1. The lowest BCUT2D eigenvalue weighted by molar-refractivity contribution is 0.254. The van der Waals surface area contributed by atoms with Crippen LogP contribution in [0.5, 0.6) is 5.75 Å². The quantitative estimate of drug-likeness (QED) is 0.928. The first kappa shape index (κ1) is 13.2. The topological polar surface area (TPSA) is 53.1 Å². The number of fused-ring (bicyclic) bond motifs is 1. The molecule has 2 aromatic rings. The normalized spacial score (nSPS) is 19.2. The Morgan fingerprint density at radius 2 is 2.30 bits per heavy atom. The number of nitrogens with zero attached hydrogens (tertiary/aromatic N) is 2.